The third kappa shape index (κ3) is 3.71. The molecule has 150 valence electrons. The topological polar surface area (TPSA) is 68.3 Å². The van der Waals surface area contributed by atoms with Crippen LogP contribution >= 0.6 is 12.4 Å². The van der Waals surface area contributed by atoms with Crippen LogP contribution in [0.4, 0.5) is 4.39 Å². The SMILES string of the molecule is Cl.Cn1cc(-c2ccc3c(c2)CC[C@@H]3[C@H](N)C(=O)N2CC[C@H](F)C2)ccc1=O. The molecule has 1 saturated heterocycles. The van der Waals surface area contributed by atoms with Gasteiger partial charge in [0.2, 0.25) is 11.5 Å². The molecule has 2 aliphatic rings. The van der Waals surface area contributed by atoms with Gasteiger partial charge < -0.3 is 15.2 Å². The highest BCUT2D eigenvalue weighted by Gasteiger charge is 2.36. The zero-order valence-corrected chi connectivity index (χ0v) is 16.6. The van der Waals surface area contributed by atoms with Gasteiger partial charge in [0, 0.05) is 31.8 Å². The lowest BCUT2D eigenvalue weighted by atomic mass is 9.91. The van der Waals surface area contributed by atoms with Crippen LogP contribution in [0.2, 0.25) is 0 Å². The lowest BCUT2D eigenvalue weighted by Crippen LogP contribution is -2.45. The monoisotopic (exact) mass is 405 g/mol. The molecule has 0 spiro atoms. The van der Waals surface area contributed by atoms with Crippen molar-refractivity contribution in [3.8, 4) is 11.1 Å². The fourth-order valence-corrected chi connectivity index (χ4v) is 4.27. The summed E-state index contributed by atoms with van der Waals surface area (Å²) >= 11 is 0. The number of nitrogens with two attached hydrogens (primary N) is 1. The first-order chi connectivity index (χ1) is 12.9. The van der Waals surface area contributed by atoms with Crippen LogP contribution in [-0.2, 0) is 18.3 Å². The third-order valence-electron chi connectivity index (χ3n) is 5.85. The summed E-state index contributed by atoms with van der Waals surface area (Å²) < 4.78 is 15.0. The summed E-state index contributed by atoms with van der Waals surface area (Å²) in [6.07, 6.45) is 2.99. The molecule has 1 amide bonds. The summed E-state index contributed by atoms with van der Waals surface area (Å²) in [6.45, 7) is 0.622. The molecule has 1 aliphatic heterocycles. The molecule has 1 aliphatic carbocycles. The van der Waals surface area contributed by atoms with Gasteiger partial charge >= 0.3 is 0 Å². The minimum atomic E-state index is -0.929. The van der Waals surface area contributed by atoms with Gasteiger partial charge in [0.05, 0.1) is 12.6 Å². The summed E-state index contributed by atoms with van der Waals surface area (Å²) in [5, 5.41) is 0. The van der Waals surface area contributed by atoms with Gasteiger partial charge in [0.15, 0.2) is 0 Å². The Hall–Kier alpha value is -2.18. The fourth-order valence-electron chi connectivity index (χ4n) is 4.27. The van der Waals surface area contributed by atoms with Crippen molar-refractivity contribution in [1.29, 1.82) is 0 Å². The Bertz CT molecular complexity index is 945. The minimum absolute atomic E-state index is 0. The largest absolute Gasteiger partial charge is 0.338 e. The van der Waals surface area contributed by atoms with Crippen LogP contribution in [0.25, 0.3) is 11.1 Å². The first-order valence-corrected chi connectivity index (χ1v) is 9.42. The fraction of sp³-hybridized carbons (Fsp3) is 0.429. The van der Waals surface area contributed by atoms with Gasteiger partial charge in [-0.15, -0.1) is 12.4 Å². The number of benzene rings is 1. The summed E-state index contributed by atoms with van der Waals surface area (Å²) in [5.41, 5.74) is 10.6. The lowest BCUT2D eigenvalue weighted by molar-refractivity contribution is -0.132. The van der Waals surface area contributed by atoms with Crippen molar-refractivity contribution < 1.29 is 9.18 Å². The van der Waals surface area contributed by atoms with Crippen LogP contribution in [0.3, 0.4) is 0 Å². The Kier molecular flexibility index (Phi) is 5.91. The summed E-state index contributed by atoms with van der Waals surface area (Å²) in [6, 6.07) is 8.95. The number of carbonyl (C=O) groups is 1. The quantitative estimate of drug-likeness (QED) is 0.852. The molecule has 4 rings (SSSR count). The van der Waals surface area contributed by atoms with E-state index in [0.29, 0.717) is 13.0 Å². The van der Waals surface area contributed by atoms with Gasteiger partial charge in [-0.3, -0.25) is 9.59 Å². The number of carbonyl (C=O) groups excluding carboxylic acids is 1. The Morgan fingerprint density at radius 2 is 1.96 bits per heavy atom. The molecule has 0 unspecified atom stereocenters. The van der Waals surface area contributed by atoms with Crippen LogP contribution in [0.1, 0.15) is 29.9 Å². The Balaban J connectivity index is 0.00000225. The summed E-state index contributed by atoms with van der Waals surface area (Å²) in [5.74, 6) is -0.171. The predicted octanol–water partition coefficient (Wildman–Crippen LogP) is 2.40. The van der Waals surface area contributed by atoms with Crippen molar-refractivity contribution >= 4 is 18.3 Å². The van der Waals surface area contributed by atoms with Gasteiger partial charge in [-0.1, -0.05) is 18.2 Å². The van der Waals surface area contributed by atoms with Gasteiger partial charge in [-0.05, 0) is 47.6 Å². The van der Waals surface area contributed by atoms with Crippen LogP contribution in [0, 0.1) is 0 Å². The number of alkyl halides is 1. The minimum Gasteiger partial charge on any atom is -0.338 e. The number of nitrogens with zero attached hydrogens (tertiary/aromatic N) is 2. The molecule has 5 nitrogen and oxygen atoms in total. The number of hydrogen-bond donors (Lipinski definition) is 1. The number of likely N-dealkylation sites (tertiary alicyclic amines) is 1. The molecule has 28 heavy (non-hydrogen) atoms. The average molecular weight is 406 g/mol. The third-order valence-corrected chi connectivity index (χ3v) is 5.85. The first kappa shape index (κ1) is 20.6. The van der Waals surface area contributed by atoms with Crippen molar-refractivity contribution in [2.24, 2.45) is 12.8 Å². The number of hydrogen-bond acceptors (Lipinski definition) is 3. The maximum absolute atomic E-state index is 13.4. The molecule has 3 atom stereocenters. The molecular formula is C21H25ClFN3O2. The van der Waals surface area contributed by atoms with E-state index >= 15 is 0 Å². The molecule has 0 saturated carbocycles. The maximum Gasteiger partial charge on any atom is 0.250 e. The second-order valence-electron chi connectivity index (χ2n) is 7.62. The van der Waals surface area contributed by atoms with E-state index in [-0.39, 0.29) is 36.3 Å². The molecule has 2 heterocycles. The molecule has 1 fully saturated rings. The van der Waals surface area contributed by atoms with Crippen LogP contribution in [0.5, 0.6) is 0 Å². The molecule has 2 aromatic rings. The number of aryl methyl sites for hydroxylation is 2. The first-order valence-electron chi connectivity index (χ1n) is 9.42. The second kappa shape index (κ2) is 8.05. The van der Waals surface area contributed by atoms with E-state index in [1.54, 1.807) is 22.6 Å². The summed E-state index contributed by atoms with van der Waals surface area (Å²) in [4.78, 5) is 25.8. The molecule has 1 aromatic carbocycles. The van der Waals surface area contributed by atoms with Crippen LogP contribution < -0.4 is 11.3 Å². The number of amides is 1. The Labute approximate surface area is 169 Å². The second-order valence-corrected chi connectivity index (χ2v) is 7.62. The van der Waals surface area contributed by atoms with Crippen molar-refractivity contribution in [3.05, 3.63) is 58.0 Å². The highest BCUT2D eigenvalue weighted by atomic mass is 35.5. The summed E-state index contributed by atoms with van der Waals surface area (Å²) in [7, 11) is 1.74. The van der Waals surface area contributed by atoms with Gasteiger partial charge in [-0.25, -0.2) is 4.39 Å². The standard InChI is InChI=1S/C21H24FN3O2.ClH/c1-24-11-15(4-7-19(24)26)13-2-5-17-14(10-13)3-6-18(17)20(23)21(27)25-9-8-16(22)12-25;/h2,4-5,7,10-11,16,18,20H,3,6,8-9,12,23H2,1H3;1H/t16-,18-,20-;/m0./s1. The van der Waals surface area contributed by atoms with E-state index in [0.717, 1.165) is 29.5 Å². The number of pyridine rings is 1. The predicted molar refractivity (Wildman–Crippen MR) is 109 cm³/mol. The van der Waals surface area contributed by atoms with Crippen LogP contribution in [-0.4, -0.2) is 40.7 Å². The Morgan fingerprint density at radius 3 is 2.64 bits per heavy atom. The zero-order valence-electron chi connectivity index (χ0n) is 15.8. The number of rotatable bonds is 3. The van der Waals surface area contributed by atoms with Gasteiger partial charge in [0.25, 0.3) is 0 Å². The molecular weight excluding hydrogens is 381 g/mol. The van der Waals surface area contributed by atoms with Crippen molar-refractivity contribution in [2.45, 2.75) is 37.4 Å². The maximum atomic E-state index is 13.4. The molecule has 1 aromatic heterocycles. The molecule has 0 radical (unpaired) electrons. The highest BCUT2D eigenvalue weighted by molar-refractivity contribution is 5.85. The smallest absolute Gasteiger partial charge is 0.250 e. The zero-order chi connectivity index (χ0) is 19.1. The number of fused-ring (bicyclic) bond motifs is 1. The molecule has 7 heteroatoms. The van der Waals surface area contributed by atoms with Crippen LogP contribution in [0.15, 0.2) is 41.3 Å². The molecule has 2 N–H and O–H groups in total. The lowest BCUT2D eigenvalue weighted by Gasteiger charge is -2.25. The van der Waals surface area contributed by atoms with Gasteiger partial charge in [-0.2, -0.15) is 0 Å². The highest BCUT2D eigenvalue weighted by Crippen LogP contribution is 2.37. The number of halogens is 2. The van der Waals surface area contributed by atoms with E-state index in [4.69, 9.17) is 5.73 Å². The number of aromatic nitrogens is 1. The Morgan fingerprint density at radius 1 is 1.21 bits per heavy atom. The van der Waals surface area contributed by atoms with Gasteiger partial charge in [0.1, 0.15) is 6.17 Å². The van der Waals surface area contributed by atoms with E-state index < -0.39 is 12.2 Å². The van der Waals surface area contributed by atoms with E-state index in [1.807, 2.05) is 24.4 Å². The van der Waals surface area contributed by atoms with E-state index in [2.05, 4.69) is 6.07 Å². The van der Waals surface area contributed by atoms with Crippen molar-refractivity contribution in [1.82, 2.24) is 9.47 Å². The van der Waals surface area contributed by atoms with E-state index in [9.17, 15) is 14.0 Å². The van der Waals surface area contributed by atoms with Crippen molar-refractivity contribution in [2.75, 3.05) is 13.1 Å². The van der Waals surface area contributed by atoms with E-state index in [1.165, 1.54) is 5.56 Å². The normalized spacial score (nSPS) is 21.9. The van der Waals surface area contributed by atoms with Crippen molar-refractivity contribution in [3.63, 3.8) is 0 Å². The molecule has 0 bridgehead atoms. The average Bonchev–Trinajstić information content (AvgIpc) is 3.28.